The van der Waals surface area contributed by atoms with Crippen molar-refractivity contribution in [2.24, 2.45) is 5.92 Å². The van der Waals surface area contributed by atoms with Gasteiger partial charge in [0.2, 0.25) is 0 Å². The Labute approximate surface area is 161 Å². The molecule has 0 spiro atoms. The number of allylic oxidation sites excluding steroid dienone is 9. The molecule has 0 aromatic heterocycles. The van der Waals surface area contributed by atoms with Gasteiger partial charge in [0, 0.05) is 0 Å². The van der Waals surface area contributed by atoms with Crippen molar-refractivity contribution in [2.75, 3.05) is 0 Å². The van der Waals surface area contributed by atoms with Crippen LogP contribution in [-0.2, 0) is 15.8 Å². The van der Waals surface area contributed by atoms with E-state index >= 15 is 0 Å². The van der Waals surface area contributed by atoms with E-state index in [1.807, 2.05) is 19.1 Å². The van der Waals surface area contributed by atoms with E-state index in [-0.39, 0.29) is 5.92 Å². The van der Waals surface area contributed by atoms with Crippen molar-refractivity contribution < 1.29 is 14.1 Å². The summed E-state index contributed by atoms with van der Waals surface area (Å²) < 4.78 is 15.1. The minimum atomic E-state index is -1.58. The summed E-state index contributed by atoms with van der Waals surface area (Å²) in [5.41, 5.74) is 1.25. The van der Waals surface area contributed by atoms with Gasteiger partial charge in [-0.15, -0.1) is 0 Å². The maximum Gasteiger partial charge on any atom is 0.321 e. The molecule has 0 amide bonds. The molecule has 0 aromatic rings. The highest BCUT2D eigenvalue weighted by atomic mass is 32.2. The Kier molecular flexibility index (Phi) is 13.5. The molecule has 0 heterocycles. The molecule has 5 heteroatoms. The molecule has 0 aliphatic carbocycles. The van der Waals surface area contributed by atoms with Crippen LogP contribution in [0.3, 0.4) is 0 Å². The molecule has 0 aliphatic heterocycles. The fourth-order valence-electron chi connectivity index (χ4n) is 2.01. The molecule has 0 aliphatic rings. The van der Waals surface area contributed by atoms with Gasteiger partial charge >= 0.3 is 5.97 Å². The summed E-state index contributed by atoms with van der Waals surface area (Å²) in [6, 6.07) is -0.853. The van der Waals surface area contributed by atoms with Gasteiger partial charge in [-0.2, -0.15) is 0 Å². The zero-order chi connectivity index (χ0) is 19.9. The van der Waals surface area contributed by atoms with Crippen molar-refractivity contribution in [3.63, 3.8) is 0 Å². The molecular weight excluding hydrogens is 346 g/mol. The van der Waals surface area contributed by atoms with Crippen LogP contribution in [-0.4, -0.2) is 21.3 Å². The molecule has 146 valence electrons. The number of rotatable bonds is 12. The van der Waals surface area contributed by atoms with Crippen LogP contribution in [0.5, 0.6) is 0 Å². The van der Waals surface area contributed by atoms with Crippen molar-refractivity contribution in [1.82, 2.24) is 4.72 Å². The van der Waals surface area contributed by atoms with Gasteiger partial charge in [0.05, 0.1) is 4.91 Å². The van der Waals surface area contributed by atoms with Crippen molar-refractivity contribution in [3.8, 4) is 0 Å². The minimum Gasteiger partial charge on any atom is -0.480 e. The standard InChI is InChI=1S/C21H33NO3S/c1-6-8-14-18(5)15-11-9-10-12-16-19(13-7-2)26(25)22-20(17(3)4)21(23)24/h7,10-17,20,22H,6,8-9H2,1-5H3,(H,23,24)/b12-10+,13-7-,15-11-,18-14-,19-16+. The molecule has 0 saturated heterocycles. The summed E-state index contributed by atoms with van der Waals surface area (Å²) in [5.74, 6) is -1.16. The second-order valence-corrected chi connectivity index (χ2v) is 7.56. The lowest BCUT2D eigenvalue weighted by atomic mass is 10.1. The van der Waals surface area contributed by atoms with Crippen molar-refractivity contribution in [1.29, 1.82) is 0 Å². The Morgan fingerprint density at radius 1 is 1.23 bits per heavy atom. The minimum absolute atomic E-state index is 0.159. The van der Waals surface area contributed by atoms with Gasteiger partial charge in [0.15, 0.2) is 0 Å². The van der Waals surface area contributed by atoms with E-state index in [0.717, 1.165) is 19.3 Å². The van der Waals surface area contributed by atoms with Gasteiger partial charge in [-0.25, -0.2) is 8.93 Å². The third-order valence-electron chi connectivity index (χ3n) is 3.52. The van der Waals surface area contributed by atoms with E-state index in [4.69, 9.17) is 0 Å². The average Bonchev–Trinajstić information content (AvgIpc) is 2.58. The number of carbonyl (C=O) groups is 1. The molecule has 2 N–H and O–H groups in total. The lowest BCUT2D eigenvalue weighted by molar-refractivity contribution is -0.140. The number of hydrogen-bond donors (Lipinski definition) is 2. The highest BCUT2D eigenvalue weighted by molar-refractivity contribution is 7.87. The number of hydrogen-bond acceptors (Lipinski definition) is 2. The number of nitrogens with one attached hydrogen (secondary N) is 1. The van der Waals surface area contributed by atoms with Crippen LogP contribution in [0.4, 0.5) is 0 Å². The maximum absolute atomic E-state index is 12.4. The fourth-order valence-corrected chi connectivity index (χ4v) is 3.21. The van der Waals surface area contributed by atoms with Crippen molar-refractivity contribution in [2.45, 2.75) is 59.9 Å². The van der Waals surface area contributed by atoms with Gasteiger partial charge < -0.3 is 5.11 Å². The first kappa shape index (κ1) is 24.3. The van der Waals surface area contributed by atoms with Gasteiger partial charge in [0.25, 0.3) is 0 Å². The number of unbranched alkanes of at least 4 members (excludes halogenated alkanes) is 1. The second-order valence-electron chi connectivity index (χ2n) is 6.32. The normalized spacial score (nSPS) is 16.2. The van der Waals surface area contributed by atoms with Gasteiger partial charge in [-0.3, -0.25) is 4.79 Å². The molecule has 0 rings (SSSR count). The van der Waals surface area contributed by atoms with Gasteiger partial charge in [0.1, 0.15) is 17.0 Å². The van der Waals surface area contributed by atoms with E-state index < -0.39 is 23.0 Å². The highest BCUT2D eigenvalue weighted by Crippen LogP contribution is 2.09. The summed E-state index contributed by atoms with van der Waals surface area (Å²) >= 11 is 0. The zero-order valence-corrected chi connectivity index (χ0v) is 17.4. The molecule has 0 saturated carbocycles. The molecule has 0 fully saturated rings. The predicted octanol–water partition coefficient (Wildman–Crippen LogP) is 5.06. The Bertz CT molecular complexity index is 598. The molecule has 4 nitrogen and oxygen atoms in total. The topological polar surface area (TPSA) is 66.4 Å². The Morgan fingerprint density at radius 3 is 2.46 bits per heavy atom. The van der Waals surface area contributed by atoms with E-state index in [2.05, 4.69) is 36.8 Å². The number of carboxylic acid groups (broad SMARTS) is 1. The zero-order valence-electron chi connectivity index (χ0n) is 16.6. The lowest BCUT2D eigenvalue weighted by Crippen LogP contribution is -2.42. The monoisotopic (exact) mass is 379 g/mol. The van der Waals surface area contributed by atoms with Crippen LogP contribution in [0.2, 0.25) is 0 Å². The summed E-state index contributed by atoms with van der Waals surface area (Å²) in [6.07, 6.45) is 18.5. The Balaban J connectivity index is 4.85. The van der Waals surface area contributed by atoms with E-state index in [9.17, 15) is 14.1 Å². The van der Waals surface area contributed by atoms with Crippen LogP contribution in [0.25, 0.3) is 0 Å². The first-order valence-corrected chi connectivity index (χ1v) is 10.2. The lowest BCUT2D eigenvalue weighted by Gasteiger charge is -2.17. The van der Waals surface area contributed by atoms with Crippen LogP contribution < -0.4 is 4.72 Å². The first-order valence-electron chi connectivity index (χ1n) is 9.07. The van der Waals surface area contributed by atoms with Crippen LogP contribution in [0.15, 0.2) is 59.1 Å². The second kappa shape index (κ2) is 14.4. The molecule has 2 unspecified atom stereocenters. The van der Waals surface area contributed by atoms with Gasteiger partial charge in [-0.1, -0.05) is 69.2 Å². The number of carboxylic acids is 1. The number of aliphatic carboxylic acids is 1. The SMILES string of the molecule is C\C=C/C(=C\C=C\C/C=C\C(C)=C/CCC)S(=O)NC(C(=O)O)C(C)C. The summed E-state index contributed by atoms with van der Waals surface area (Å²) in [4.78, 5) is 11.8. The molecule has 0 aromatic carbocycles. The summed E-state index contributed by atoms with van der Waals surface area (Å²) in [7, 11) is -1.58. The largest absolute Gasteiger partial charge is 0.480 e. The fraction of sp³-hybridized carbons (Fsp3) is 0.476. The molecule has 0 bridgehead atoms. The van der Waals surface area contributed by atoms with Crippen molar-refractivity contribution >= 4 is 17.0 Å². The highest BCUT2D eigenvalue weighted by Gasteiger charge is 2.23. The smallest absolute Gasteiger partial charge is 0.321 e. The quantitative estimate of drug-likeness (QED) is 0.466. The first-order chi connectivity index (χ1) is 12.3. The van der Waals surface area contributed by atoms with E-state index in [1.54, 1.807) is 32.1 Å². The molecular formula is C21H33NO3S. The van der Waals surface area contributed by atoms with Crippen LogP contribution >= 0.6 is 0 Å². The molecule has 2 atom stereocenters. The summed E-state index contributed by atoms with van der Waals surface area (Å²) in [6.45, 7) is 9.64. The van der Waals surface area contributed by atoms with Crippen LogP contribution in [0.1, 0.15) is 53.9 Å². The summed E-state index contributed by atoms with van der Waals surface area (Å²) in [5, 5.41) is 9.22. The Hall–Kier alpha value is -1.72. The molecule has 0 radical (unpaired) electrons. The van der Waals surface area contributed by atoms with Crippen molar-refractivity contribution in [3.05, 3.63) is 59.1 Å². The maximum atomic E-state index is 12.4. The van der Waals surface area contributed by atoms with Crippen LogP contribution in [0, 0.1) is 5.92 Å². The average molecular weight is 380 g/mol. The molecule has 26 heavy (non-hydrogen) atoms. The van der Waals surface area contributed by atoms with Gasteiger partial charge in [-0.05, 0) is 44.8 Å². The Morgan fingerprint density at radius 2 is 1.92 bits per heavy atom. The van der Waals surface area contributed by atoms with E-state index in [1.165, 1.54) is 5.57 Å². The third kappa shape index (κ3) is 11.0. The van der Waals surface area contributed by atoms with E-state index in [0.29, 0.717) is 4.91 Å². The predicted molar refractivity (Wildman–Crippen MR) is 112 cm³/mol. The third-order valence-corrected chi connectivity index (χ3v) is 4.68.